The number of pyridine rings is 1. The molecule has 0 radical (unpaired) electrons. The molecule has 0 aromatic carbocycles. The van der Waals surface area contributed by atoms with Crippen molar-refractivity contribution >= 4 is 49.5 Å². The molecule has 0 fully saturated rings. The van der Waals surface area contributed by atoms with Crippen molar-refractivity contribution in [1.29, 1.82) is 0 Å². The van der Waals surface area contributed by atoms with E-state index < -0.39 is 22.4 Å². The first-order valence-corrected chi connectivity index (χ1v) is 7.67. The van der Waals surface area contributed by atoms with Crippen molar-refractivity contribution in [2.45, 2.75) is 20.0 Å². The number of hydrogen-bond donors (Lipinski definition) is 2. The molecule has 0 bridgehead atoms. The SMILES string of the molecule is CC(C)OC(=O)NS(=O)(=O)Nc1cnc(Cl)c(Br)c1. The smallest absolute Gasteiger partial charge is 0.422 e. The lowest BCUT2D eigenvalue weighted by Crippen LogP contribution is -2.36. The number of nitrogens with zero attached hydrogens (tertiary/aromatic N) is 1. The van der Waals surface area contributed by atoms with Crippen LogP contribution in [0.1, 0.15) is 13.8 Å². The summed E-state index contributed by atoms with van der Waals surface area (Å²) in [4.78, 5) is 14.9. The summed E-state index contributed by atoms with van der Waals surface area (Å²) in [5.74, 6) is 0. The molecular formula is C9H11BrClN3O4S. The Hall–Kier alpha value is -1.06. The second-order valence-corrected chi connectivity index (χ2v) is 6.29. The predicted octanol–water partition coefficient (Wildman–Crippen LogP) is 2.29. The maximum atomic E-state index is 11.6. The predicted molar refractivity (Wildman–Crippen MR) is 74.2 cm³/mol. The van der Waals surface area contributed by atoms with Crippen LogP contribution in [0.2, 0.25) is 5.15 Å². The van der Waals surface area contributed by atoms with E-state index in [2.05, 4.69) is 30.4 Å². The fourth-order valence-corrected chi connectivity index (χ4v) is 2.20. The van der Waals surface area contributed by atoms with E-state index in [1.54, 1.807) is 18.6 Å². The highest BCUT2D eigenvalue weighted by Gasteiger charge is 2.16. The molecule has 1 aromatic rings. The monoisotopic (exact) mass is 371 g/mol. The number of hydrogen-bond acceptors (Lipinski definition) is 5. The van der Waals surface area contributed by atoms with Crippen LogP contribution in [-0.4, -0.2) is 25.6 Å². The van der Waals surface area contributed by atoms with Crippen molar-refractivity contribution in [3.63, 3.8) is 0 Å². The van der Waals surface area contributed by atoms with Gasteiger partial charge in [-0.2, -0.15) is 8.42 Å². The number of rotatable bonds is 4. The summed E-state index contributed by atoms with van der Waals surface area (Å²) in [6.07, 6.45) is -0.287. The van der Waals surface area contributed by atoms with E-state index in [9.17, 15) is 13.2 Å². The van der Waals surface area contributed by atoms with E-state index in [-0.39, 0.29) is 10.8 Å². The fourth-order valence-electron chi connectivity index (χ4n) is 1.01. The van der Waals surface area contributed by atoms with Gasteiger partial charge in [-0.25, -0.2) is 14.5 Å². The molecule has 0 aliphatic rings. The molecule has 1 amide bonds. The zero-order chi connectivity index (χ0) is 14.6. The number of halogens is 2. The molecule has 2 N–H and O–H groups in total. The van der Waals surface area contributed by atoms with Gasteiger partial charge in [0.2, 0.25) is 0 Å². The van der Waals surface area contributed by atoms with Gasteiger partial charge in [-0.3, -0.25) is 4.72 Å². The van der Waals surface area contributed by atoms with E-state index >= 15 is 0 Å². The highest BCUT2D eigenvalue weighted by Crippen LogP contribution is 2.23. The first kappa shape index (κ1) is 16.0. The molecule has 1 aromatic heterocycles. The highest BCUT2D eigenvalue weighted by molar-refractivity contribution is 9.10. The normalized spacial score (nSPS) is 11.2. The minimum Gasteiger partial charge on any atom is -0.446 e. The lowest BCUT2D eigenvalue weighted by molar-refractivity contribution is 0.121. The molecule has 0 aliphatic carbocycles. The molecule has 1 heterocycles. The minimum atomic E-state index is -4.09. The maximum absolute atomic E-state index is 11.6. The van der Waals surface area contributed by atoms with Crippen molar-refractivity contribution in [2.24, 2.45) is 0 Å². The van der Waals surface area contributed by atoms with E-state index in [4.69, 9.17) is 11.6 Å². The molecule has 0 saturated carbocycles. The van der Waals surface area contributed by atoms with Gasteiger partial charge >= 0.3 is 16.3 Å². The number of amides is 1. The molecule has 7 nitrogen and oxygen atoms in total. The molecule has 0 spiro atoms. The van der Waals surface area contributed by atoms with Crippen LogP contribution in [0.15, 0.2) is 16.7 Å². The Morgan fingerprint density at radius 1 is 1.53 bits per heavy atom. The number of carbonyl (C=O) groups is 1. The van der Waals surface area contributed by atoms with Crippen LogP contribution in [0.4, 0.5) is 10.5 Å². The van der Waals surface area contributed by atoms with Gasteiger partial charge in [0.05, 0.1) is 22.5 Å². The fraction of sp³-hybridized carbons (Fsp3) is 0.333. The van der Waals surface area contributed by atoms with Crippen LogP contribution in [0, 0.1) is 0 Å². The van der Waals surface area contributed by atoms with E-state index in [1.807, 2.05) is 0 Å². The van der Waals surface area contributed by atoms with Crippen molar-refractivity contribution in [3.8, 4) is 0 Å². The summed E-state index contributed by atoms with van der Waals surface area (Å²) in [6.45, 7) is 3.19. The Morgan fingerprint density at radius 3 is 2.68 bits per heavy atom. The third-order valence-corrected chi connectivity index (χ3v) is 3.68. The number of anilines is 1. The van der Waals surface area contributed by atoms with Crippen LogP contribution in [-0.2, 0) is 14.9 Å². The van der Waals surface area contributed by atoms with Crippen molar-refractivity contribution in [2.75, 3.05) is 4.72 Å². The van der Waals surface area contributed by atoms with Gasteiger partial charge < -0.3 is 4.74 Å². The van der Waals surface area contributed by atoms with Crippen molar-refractivity contribution in [1.82, 2.24) is 9.71 Å². The topological polar surface area (TPSA) is 97.4 Å². The molecule has 10 heteroatoms. The van der Waals surface area contributed by atoms with Crippen LogP contribution in [0.25, 0.3) is 0 Å². The number of ether oxygens (including phenoxy) is 1. The Bertz CT molecular complexity index is 579. The lowest BCUT2D eigenvalue weighted by atomic mass is 10.4. The van der Waals surface area contributed by atoms with Gasteiger partial charge in [0, 0.05) is 0 Å². The van der Waals surface area contributed by atoms with Crippen LogP contribution >= 0.6 is 27.5 Å². The third kappa shape index (κ3) is 5.62. The molecule has 0 atom stereocenters. The third-order valence-electron chi connectivity index (χ3n) is 1.61. The van der Waals surface area contributed by atoms with Crippen molar-refractivity contribution < 1.29 is 17.9 Å². The number of carbonyl (C=O) groups excluding carboxylic acids is 1. The zero-order valence-electron chi connectivity index (χ0n) is 9.98. The molecule has 106 valence electrons. The van der Waals surface area contributed by atoms with E-state index in [1.165, 1.54) is 12.3 Å². The largest absolute Gasteiger partial charge is 0.446 e. The van der Waals surface area contributed by atoms with Gasteiger partial charge in [0.25, 0.3) is 0 Å². The summed E-state index contributed by atoms with van der Waals surface area (Å²) < 4.78 is 32.0. The molecular weight excluding hydrogens is 362 g/mol. The molecule has 1 rings (SSSR count). The van der Waals surface area contributed by atoms with E-state index in [0.717, 1.165) is 0 Å². The van der Waals surface area contributed by atoms with Crippen LogP contribution < -0.4 is 9.44 Å². The van der Waals surface area contributed by atoms with Crippen LogP contribution in [0.3, 0.4) is 0 Å². The molecule has 19 heavy (non-hydrogen) atoms. The second-order valence-electron chi connectivity index (χ2n) is 3.66. The van der Waals surface area contributed by atoms with Crippen molar-refractivity contribution in [3.05, 3.63) is 21.9 Å². The first-order valence-electron chi connectivity index (χ1n) is 5.02. The molecule has 0 saturated heterocycles. The van der Waals surface area contributed by atoms with E-state index in [0.29, 0.717) is 4.47 Å². The zero-order valence-corrected chi connectivity index (χ0v) is 13.1. The summed E-state index contributed by atoms with van der Waals surface area (Å²) in [5, 5.41) is 0.190. The second kappa shape index (κ2) is 6.40. The summed E-state index contributed by atoms with van der Waals surface area (Å²) in [5.41, 5.74) is 0.140. The Kier molecular flexibility index (Phi) is 5.39. The van der Waals surface area contributed by atoms with Gasteiger partial charge in [0.1, 0.15) is 5.15 Å². The Labute approximate surface area is 124 Å². The van der Waals surface area contributed by atoms with Crippen LogP contribution in [0.5, 0.6) is 0 Å². The minimum absolute atomic E-state index is 0.140. The number of nitrogens with one attached hydrogen (secondary N) is 2. The molecule has 0 aliphatic heterocycles. The average Bonchev–Trinajstić information content (AvgIpc) is 2.20. The molecule has 0 unspecified atom stereocenters. The summed E-state index contributed by atoms with van der Waals surface area (Å²) in [7, 11) is -4.09. The van der Waals surface area contributed by atoms with Gasteiger partial charge in [-0.05, 0) is 35.8 Å². The lowest BCUT2D eigenvalue weighted by Gasteiger charge is -2.11. The number of aromatic nitrogens is 1. The summed E-state index contributed by atoms with van der Waals surface area (Å²) in [6, 6.07) is 1.41. The highest BCUT2D eigenvalue weighted by atomic mass is 79.9. The Balaban J connectivity index is 2.74. The quantitative estimate of drug-likeness (QED) is 0.790. The average molecular weight is 373 g/mol. The van der Waals surface area contributed by atoms with Gasteiger partial charge in [-0.1, -0.05) is 11.6 Å². The maximum Gasteiger partial charge on any atom is 0.422 e. The summed E-state index contributed by atoms with van der Waals surface area (Å²) >= 11 is 8.76. The van der Waals surface area contributed by atoms with Gasteiger partial charge in [0.15, 0.2) is 0 Å². The van der Waals surface area contributed by atoms with Gasteiger partial charge in [-0.15, -0.1) is 0 Å². The first-order chi connectivity index (χ1) is 8.69. The standard InChI is InChI=1S/C9H11BrClN3O4S/c1-5(2)18-9(15)14-19(16,17)13-6-3-7(10)8(11)12-4-6/h3-5,13H,1-2H3,(H,14,15). The Morgan fingerprint density at radius 2 is 2.16 bits per heavy atom.